The molecule has 3 N–H and O–H groups in total. The number of amides is 3. The van der Waals surface area contributed by atoms with Crippen LogP contribution in [0.1, 0.15) is 36.6 Å². The van der Waals surface area contributed by atoms with Crippen molar-refractivity contribution in [3.05, 3.63) is 64.4 Å². The van der Waals surface area contributed by atoms with Crippen LogP contribution in [-0.2, 0) is 14.3 Å². The highest BCUT2D eigenvalue weighted by Gasteiger charge is 2.32. The number of hydrogen-bond acceptors (Lipinski definition) is 8. The van der Waals surface area contributed by atoms with Gasteiger partial charge in [0, 0.05) is 5.70 Å². The van der Waals surface area contributed by atoms with Crippen LogP contribution in [0.3, 0.4) is 0 Å². The Bertz CT molecular complexity index is 1240. The minimum Gasteiger partial charge on any atom is -0.497 e. The summed E-state index contributed by atoms with van der Waals surface area (Å²) in [6.45, 7) is 5.12. The van der Waals surface area contributed by atoms with Gasteiger partial charge in [-0.2, -0.15) is 5.10 Å². The molecule has 0 aromatic heterocycles. The van der Waals surface area contributed by atoms with E-state index in [1.165, 1.54) is 13.3 Å². The van der Waals surface area contributed by atoms with E-state index in [2.05, 4.69) is 21.2 Å². The highest BCUT2D eigenvalue weighted by molar-refractivity contribution is 5.95. The number of rotatable bonds is 10. The maximum atomic E-state index is 12.5. The lowest BCUT2D eigenvalue weighted by molar-refractivity contribution is -0.139. The monoisotopic (exact) mass is 510 g/mol. The Balaban J connectivity index is 1.68. The number of nitrogens with zero attached hydrogens (tertiary/aromatic N) is 1. The molecule has 11 heteroatoms. The third kappa shape index (κ3) is 6.78. The van der Waals surface area contributed by atoms with Crippen molar-refractivity contribution in [1.29, 1.82) is 0 Å². The number of carbonyl (C=O) groups is 3. The summed E-state index contributed by atoms with van der Waals surface area (Å²) in [4.78, 5) is 36.8. The Morgan fingerprint density at radius 1 is 1.08 bits per heavy atom. The summed E-state index contributed by atoms with van der Waals surface area (Å²) in [5, 5.41) is 9.29. The van der Waals surface area contributed by atoms with Gasteiger partial charge in [0.05, 0.1) is 38.7 Å². The molecule has 37 heavy (non-hydrogen) atoms. The Kier molecular flexibility index (Phi) is 9.09. The molecule has 0 bridgehead atoms. The van der Waals surface area contributed by atoms with Crippen LogP contribution in [0.2, 0.25) is 0 Å². The molecule has 0 saturated heterocycles. The van der Waals surface area contributed by atoms with Crippen molar-refractivity contribution in [2.75, 3.05) is 27.4 Å². The highest BCUT2D eigenvalue weighted by Crippen LogP contribution is 2.34. The molecule has 0 saturated carbocycles. The quantitative estimate of drug-likeness (QED) is 0.254. The van der Waals surface area contributed by atoms with Crippen LogP contribution < -0.4 is 30.3 Å². The zero-order chi connectivity index (χ0) is 26.9. The number of nitrogens with one attached hydrogen (secondary N) is 3. The van der Waals surface area contributed by atoms with Crippen molar-refractivity contribution in [2.24, 2.45) is 5.10 Å². The number of esters is 1. The average Bonchev–Trinajstić information content (AvgIpc) is 2.87. The molecule has 3 rings (SSSR count). The molecule has 0 spiro atoms. The first-order valence-electron chi connectivity index (χ1n) is 11.5. The lowest BCUT2D eigenvalue weighted by atomic mass is 9.95. The summed E-state index contributed by atoms with van der Waals surface area (Å²) in [6, 6.07) is 9.19. The molecule has 1 heterocycles. The van der Waals surface area contributed by atoms with Crippen molar-refractivity contribution in [2.45, 2.75) is 26.8 Å². The molecular weight excluding hydrogens is 480 g/mol. The summed E-state index contributed by atoms with van der Waals surface area (Å²) >= 11 is 0. The molecule has 0 radical (unpaired) electrons. The molecule has 0 fully saturated rings. The van der Waals surface area contributed by atoms with Gasteiger partial charge >= 0.3 is 12.0 Å². The number of benzene rings is 2. The number of carbonyl (C=O) groups excluding carboxylic acids is 3. The first-order chi connectivity index (χ1) is 17.8. The molecular formula is C26H30N4O7. The number of ether oxygens (including phenoxy) is 4. The standard InChI is InChI=1S/C26H30N4O7/c1-6-36-25(32)23-16(3)28-26(33)29-24(23)17-8-10-20(21(12-17)35-5)37-14-22(31)30-27-13-18-7-9-19(34-4)11-15(18)2/h7-13,24H,6,14H2,1-5H3,(H,30,31)(H2,28,29,33)/b27-13-/t24-/m0/s1. The summed E-state index contributed by atoms with van der Waals surface area (Å²) in [6.07, 6.45) is 1.53. The number of aryl methyl sites for hydroxylation is 1. The van der Waals surface area contributed by atoms with Crippen LogP contribution in [0.4, 0.5) is 4.79 Å². The van der Waals surface area contributed by atoms with Gasteiger partial charge in [0.2, 0.25) is 0 Å². The summed E-state index contributed by atoms with van der Waals surface area (Å²) < 4.78 is 21.4. The summed E-state index contributed by atoms with van der Waals surface area (Å²) in [7, 11) is 3.04. The minimum atomic E-state index is -0.755. The SMILES string of the molecule is CCOC(=O)C1=C(C)NC(=O)N[C@H]1c1ccc(OCC(=O)N/N=C\c2ccc(OC)cc2C)c(OC)c1. The van der Waals surface area contributed by atoms with E-state index < -0.39 is 23.9 Å². The Labute approximate surface area is 214 Å². The number of hydrogen-bond donors (Lipinski definition) is 3. The second kappa shape index (κ2) is 12.4. The van der Waals surface area contributed by atoms with Crippen molar-refractivity contribution >= 4 is 24.1 Å². The number of allylic oxidation sites excluding steroid dienone is 1. The molecule has 2 aromatic carbocycles. The van der Waals surface area contributed by atoms with E-state index >= 15 is 0 Å². The predicted molar refractivity (Wildman–Crippen MR) is 136 cm³/mol. The number of hydrazone groups is 1. The van der Waals surface area contributed by atoms with E-state index in [-0.39, 0.29) is 18.8 Å². The van der Waals surface area contributed by atoms with Crippen molar-refractivity contribution in [3.8, 4) is 17.2 Å². The molecule has 11 nitrogen and oxygen atoms in total. The van der Waals surface area contributed by atoms with Crippen molar-refractivity contribution < 1.29 is 33.3 Å². The topological polar surface area (TPSA) is 137 Å². The zero-order valence-electron chi connectivity index (χ0n) is 21.3. The van der Waals surface area contributed by atoms with Crippen LogP contribution in [0.25, 0.3) is 0 Å². The van der Waals surface area contributed by atoms with Crippen LogP contribution >= 0.6 is 0 Å². The van der Waals surface area contributed by atoms with Gasteiger partial charge < -0.3 is 29.6 Å². The van der Waals surface area contributed by atoms with Crippen LogP contribution in [-0.4, -0.2) is 51.6 Å². The Hall–Kier alpha value is -4.54. The summed E-state index contributed by atoms with van der Waals surface area (Å²) in [5.41, 5.74) is 5.44. The first-order valence-corrected chi connectivity index (χ1v) is 11.5. The largest absolute Gasteiger partial charge is 0.497 e. The van der Waals surface area contributed by atoms with Crippen LogP contribution in [0.15, 0.2) is 52.8 Å². The Morgan fingerprint density at radius 2 is 1.86 bits per heavy atom. The maximum absolute atomic E-state index is 12.5. The van der Waals surface area contributed by atoms with Crippen molar-refractivity contribution in [1.82, 2.24) is 16.1 Å². The van der Waals surface area contributed by atoms with Crippen LogP contribution in [0, 0.1) is 6.92 Å². The fourth-order valence-corrected chi connectivity index (χ4v) is 3.68. The number of urea groups is 1. The first kappa shape index (κ1) is 27.1. The molecule has 2 aromatic rings. The highest BCUT2D eigenvalue weighted by atomic mass is 16.5. The normalized spacial score (nSPS) is 15.1. The van der Waals surface area contributed by atoms with E-state index in [1.54, 1.807) is 45.2 Å². The second-order valence-corrected chi connectivity index (χ2v) is 8.01. The molecule has 3 amide bonds. The van der Waals surface area contributed by atoms with Gasteiger partial charge in [0.15, 0.2) is 18.1 Å². The van der Waals surface area contributed by atoms with Crippen LogP contribution in [0.5, 0.6) is 17.2 Å². The molecule has 0 unspecified atom stereocenters. The average molecular weight is 511 g/mol. The van der Waals surface area contributed by atoms with Crippen molar-refractivity contribution in [3.63, 3.8) is 0 Å². The third-order valence-corrected chi connectivity index (χ3v) is 5.51. The molecule has 196 valence electrons. The smallest absolute Gasteiger partial charge is 0.338 e. The van der Waals surface area contributed by atoms with Gasteiger partial charge in [-0.3, -0.25) is 4.79 Å². The van der Waals surface area contributed by atoms with E-state index in [1.807, 2.05) is 19.1 Å². The summed E-state index contributed by atoms with van der Waals surface area (Å²) in [5.74, 6) is 0.338. The van der Waals surface area contributed by atoms with Gasteiger partial charge in [-0.15, -0.1) is 0 Å². The fraction of sp³-hybridized carbons (Fsp3) is 0.308. The lowest BCUT2D eigenvalue weighted by Crippen LogP contribution is -2.45. The van der Waals surface area contributed by atoms with Gasteiger partial charge in [-0.25, -0.2) is 15.0 Å². The van der Waals surface area contributed by atoms with Gasteiger partial charge in [0.25, 0.3) is 5.91 Å². The zero-order valence-corrected chi connectivity index (χ0v) is 21.3. The molecule has 0 aliphatic carbocycles. The van der Waals surface area contributed by atoms with E-state index in [0.29, 0.717) is 22.8 Å². The van der Waals surface area contributed by atoms with E-state index in [4.69, 9.17) is 18.9 Å². The third-order valence-electron chi connectivity index (χ3n) is 5.51. The molecule has 1 aliphatic rings. The van der Waals surface area contributed by atoms with Gasteiger partial charge in [-0.05, 0) is 67.8 Å². The minimum absolute atomic E-state index is 0.193. The van der Waals surface area contributed by atoms with E-state index in [9.17, 15) is 14.4 Å². The van der Waals surface area contributed by atoms with E-state index in [0.717, 1.165) is 16.9 Å². The molecule has 1 atom stereocenters. The fourth-order valence-electron chi connectivity index (χ4n) is 3.68. The number of methoxy groups -OCH3 is 2. The molecule has 1 aliphatic heterocycles. The van der Waals surface area contributed by atoms with Gasteiger partial charge in [-0.1, -0.05) is 6.07 Å². The lowest BCUT2D eigenvalue weighted by Gasteiger charge is -2.28. The van der Waals surface area contributed by atoms with Gasteiger partial charge in [0.1, 0.15) is 5.75 Å². The second-order valence-electron chi connectivity index (χ2n) is 8.01. The maximum Gasteiger partial charge on any atom is 0.338 e. The predicted octanol–water partition coefficient (Wildman–Crippen LogP) is 2.73. The Morgan fingerprint density at radius 3 is 2.54 bits per heavy atom.